The summed E-state index contributed by atoms with van der Waals surface area (Å²) in [6, 6.07) is 1.99. The van der Waals surface area contributed by atoms with Crippen LogP contribution in [-0.2, 0) is 6.54 Å². The molecule has 1 fully saturated rings. The van der Waals surface area contributed by atoms with Crippen LogP contribution in [0.2, 0.25) is 0 Å². The van der Waals surface area contributed by atoms with Gasteiger partial charge in [0.15, 0.2) is 5.17 Å². The highest BCUT2D eigenvalue weighted by molar-refractivity contribution is 8.13. The molecule has 1 spiro atoms. The molecule has 1 aromatic rings. The van der Waals surface area contributed by atoms with Crippen molar-refractivity contribution in [2.24, 2.45) is 10.4 Å². The van der Waals surface area contributed by atoms with Crippen molar-refractivity contribution in [2.45, 2.75) is 32.2 Å². The normalized spacial score (nSPS) is 22.7. The molecule has 17 heavy (non-hydrogen) atoms. The zero-order valence-electron chi connectivity index (χ0n) is 9.95. The lowest BCUT2D eigenvalue weighted by molar-refractivity contribution is 0.358. The predicted molar refractivity (Wildman–Crippen MR) is 71.2 cm³/mol. The monoisotopic (exact) mass is 250 g/mol. The molecule has 3 rings (SSSR count). The molecule has 1 saturated carbocycles. The summed E-state index contributed by atoms with van der Waals surface area (Å²) in [5.41, 5.74) is 1.71. The Morgan fingerprint density at radius 3 is 2.94 bits per heavy atom. The highest BCUT2D eigenvalue weighted by Crippen LogP contribution is 2.43. The molecule has 2 aliphatic rings. The lowest BCUT2D eigenvalue weighted by atomic mass is 9.89. The number of thioether (sulfide) groups is 1. The zero-order chi connectivity index (χ0) is 11.6. The molecule has 2 heterocycles. The van der Waals surface area contributed by atoms with Crippen LogP contribution in [0.3, 0.4) is 0 Å². The van der Waals surface area contributed by atoms with E-state index in [1.807, 2.05) is 17.8 Å². The van der Waals surface area contributed by atoms with Crippen LogP contribution in [-0.4, -0.2) is 17.5 Å². The van der Waals surface area contributed by atoms with Crippen molar-refractivity contribution in [1.82, 2.24) is 5.32 Å². The second-order valence-corrected chi connectivity index (χ2v) is 6.07. The highest BCUT2D eigenvalue weighted by Gasteiger charge is 2.36. The van der Waals surface area contributed by atoms with E-state index in [9.17, 15) is 0 Å². The quantitative estimate of drug-likeness (QED) is 0.876. The van der Waals surface area contributed by atoms with Crippen LogP contribution in [0.5, 0.6) is 0 Å². The first kappa shape index (κ1) is 11.2. The Morgan fingerprint density at radius 2 is 2.29 bits per heavy atom. The molecule has 0 unspecified atom stereocenters. The van der Waals surface area contributed by atoms with Crippen molar-refractivity contribution >= 4 is 16.9 Å². The average molecular weight is 250 g/mol. The molecule has 3 nitrogen and oxygen atoms in total. The number of furan rings is 1. The van der Waals surface area contributed by atoms with Crippen molar-refractivity contribution in [1.29, 1.82) is 0 Å². The van der Waals surface area contributed by atoms with Gasteiger partial charge in [0.05, 0.1) is 12.5 Å². The highest BCUT2D eigenvalue weighted by atomic mass is 32.2. The van der Waals surface area contributed by atoms with Crippen LogP contribution in [0.15, 0.2) is 28.0 Å². The van der Waals surface area contributed by atoms with Gasteiger partial charge in [0, 0.05) is 24.4 Å². The van der Waals surface area contributed by atoms with E-state index < -0.39 is 0 Å². The number of hydrogen-bond donors (Lipinski definition) is 1. The third kappa shape index (κ3) is 2.51. The Morgan fingerprint density at radius 1 is 1.41 bits per heavy atom. The topological polar surface area (TPSA) is 37.5 Å². The summed E-state index contributed by atoms with van der Waals surface area (Å²) in [4.78, 5) is 4.70. The Kier molecular flexibility index (Phi) is 3.14. The third-order valence-electron chi connectivity index (χ3n) is 3.76. The molecule has 1 N–H and O–H groups in total. The lowest BCUT2D eigenvalue weighted by Crippen LogP contribution is -2.33. The van der Waals surface area contributed by atoms with Crippen LogP contribution >= 0.6 is 11.8 Å². The van der Waals surface area contributed by atoms with E-state index >= 15 is 0 Å². The van der Waals surface area contributed by atoms with Gasteiger partial charge in [0.1, 0.15) is 0 Å². The zero-order valence-corrected chi connectivity index (χ0v) is 10.8. The van der Waals surface area contributed by atoms with Crippen LogP contribution in [0.25, 0.3) is 0 Å². The number of nitrogens with one attached hydrogen (secondary N) is 1. The van der Waals surface area contributed by atoms with Crippen LogP contribution in [0.4, 0.5) is 0 Å². The Labute approximate surface area is 106 Å². The lowest BCUT2D eigenvalue weighted by Gasteiger charge is -2.31. The van der Waals surface area contributed by atoms with Gasteiger partial charge >= 0.3 is 0 Å². The maximum absolute atomic E-state index is 5.04. The summed E-state index contributed by atoms with van der Waals surface area (Å²) < 4.78 is 5.04. The fourth-order valence-corrected chi connectivity index (χ4v) is 3.81. The van der Waals surface area contributed by atoms with Gasteiger partial charge in [0.25, 0.3) is 0 Å². The van der Waals surface area contributed by atoms with E-state index in [0.717, 1.165) is 18.3 Å². The van der Waals surface area contributed by atoms with Gasteiger partial charge in [-0.05, 0) is 24.3 Å². The van der Waals surface area contributed by atoms with Gasteiger partial charge in [-0.15, -0.1) is 0 Å². The first-order valence-electron chi connectivity index (χ1n) is 6.29. The van der Waals surface area contributed by atoms with Crippen molar-refractivity contribution < 1.29 is 4.42 Å². The molecule has 0 bridgehead atoms. The molecule has 0 amide bonds. The minimum Gasteiger partial charge on any atom is -0.472 e. The number of amidine groups is 1. The molecule has 0 aromatic carbocycles. The van der Waals surface area contributed by atoms with Crippen LogP contribution in [0.1, 0.15) is 31.2 Å². The van der Waals surface area contributed by atoms with Crippen molar-refractivity contribution in [2.75, 3.05) is 12.3 Å². The molecule has 0 atom stereocenters. The number of hydrogen-bond acceptors (Lipinski definition) is 4. The van der Waals surface area contributed by atoms with E-state index in [4.69, 9.17) is 9.41 Å². The largest absolute Gasteiger partial charge is 0.472 e. The Bertz CT molecular complexity index is 394. The minimum atomic E-state index is 0.533. The first-order chi connectivity index (χ1) is 8.36. The maximum Gasteiger partial charge on any atom is 0.156 e. The average Bonchev–Trinajstić information content (AvgIpc) is 3.01. The second kappa shape index (κ2) is 4.77. The summed E-state index contributed by atoms with van der Waals surface area (Å²) in [5.74, 6) is 1.24. The molecule has 4 heteroatoms. The second-order valence-electron chi connectivity index (χ2n) is 5.10. The molecule has 92 valence electrons. The Balaban J connectivity index is 1.54. The molecular weight excluding hydrogens is 232 g/mol. The third-order valence-corrected chi connectivity index (χ3v) is 5.06. The van der Waals surface area contributed by atoms with E-state index in [1.54, 1.807) is 12.5 Å². The molecule has 1 aromatic heterocycles. The van der Waals surface area contributed by atoms with Gasteiger partial charge in [-0.2, -0.15) is 0 Å². The van der Waals surface area contributed by atoms with E-state index in [2.05, 4.69) is 5.32 Å². The summed E-state index contributed by atoms with van der Waals surface area (Å²) in [6.07, 6.45) is 9.03. The summed E-state index contributed by atoms with van der Waals surface area (Å²) >= 11 is 1.89. The molecular formula is C13H18N2OS. The minimum absolute atomic E-state index is 0.533. The van der Waals surface area contributed by atoms with E-state index in [0.29, 0.717) is 5.41 Å². The molecule has 0 saturated heterocycles. The van der Waals surface area contributed by atoms with Crippen LogP contribution in [0, 0.1) is 5.41 Å². The smallest absolute Gasteiger partial charge is 0.156 e. The summed E-state index contributed by atoms with van der Waals surface area (Å²) in [6.45, 7) is 1.84. The van der Waals surface area contributed by atoms with Gasteiger partial charge in [-0.3, -0.25) is 4.99 Å². The summed E-state index contributed by atoms with van der Waals surface area (Å²) in [5, 5.41) is 4.48. The SMILES string of the molecule is c1cc(CNC2=NCC3(CCCC3)CS2)co1. The fraction of sp³-hybridized carbons (Fsp3) is 0.615. The summed E-state index contributed by atoms with van der Waals surface area (Å²) in [7, 11) is 0. The van der Waals surface area contributed by atoms with Crippen molar-refractivity contribution in [3.63, 3.8) is 0 Å². The van der Waals surface area contributed by atoms with Gasteiger partial charge < -0.3 is 9.73 Å². The standard InChI is InChI=1S/C13H18N2OS/c1-2-5-13(4-1)9-15-12(17-10-13)14-7-11-3-6-16-8-11/h3,6,8H,1-2,4-5,7,9-10H2,(H,14,15). The van der Waals surface area contributed by atoms with Gasteiger partial charge in [0.2, 0.25) is 0 Å². The number of aliphatic imine (C=N–C) groups is 1. The van der Waals surface area contributed by atoms with Crippen molar-refractivity contribution in [3.8, 4) is 0 Å². The van der Waals surface area contributed by atoms with Crippen molar-refractivity contribution in [3.05, 3.63) is 24.2 Å². The van der Waals surface area contributed by atoms with Gasteiger partial charge in [-0.25, -0.2) is 0 Å². The molecule has 0 radical (unpaired) electrons. The fourth-order valence-electron chi connectivity index (χ4n) is 2.66. The number of rotatable bonds is 2. The number of nitrogens with zero attached hydrogens (tertiary/aromatic N) is 1. The molecule has 1 aliphatic heterocycles. The first-order valence-corrected chi connectivity index (χ1v) is 7.27. The van der Waals surface area contributed by atoms with Gasteiger partial charge in [-0.1, -0.05) is 24.6 Å². The Hall–Kier alpha value is -0.900. The van der Waals surface area contributed by atoms with E-state index in [1.165, 1.54) is 37.0 Å². The predicted octanol–water partition coefficient (Wildman–Crippen LogP) is 3.03. The maximum atomic E-state index is 5.04. The molecule has 1 aliphatic carbocycles. The van der Waals surface area contributed by atoms with Crippen LogP contribution < -0.4 is 5.32 Å². The van der Waals surface area contributed by atoms with E-state index in [-0.39, 0.29) is 0 Å².